The third-order valence-corrected chi connectivity index (χ3v) is 8.57. The monoisotopic (exact) mass is 729 g/mol. The number of nitrogens with one attached hydrogen (secondary N) is 1. The van der Waals surface area contributed by atoms with Crippen LogP contribution in [-0.2, 0) is 14.3 Å². The summed E-state index contributed by atoms with van der Waals surface area (Å²) in [7, 11) is 0. The zero-order chi connectivity index (χ0) is 38.8. The quantitative estimate of drug-likeness (QED) is 0.0195. The molecule has 13 heteroatoms. The molecule has 0 saturated carbocycles. The van der Waals surface area contributed by atoms with Crippen molar-refractivity contribution in [3.8, 4) is 57.1 Å². The van der Waals surface area contributed by atoms with Gasteiger partial charge in [-0.1, -0.05) is 51.0 Å². The Bertz CT molecular complexity index is 2000. The van der Waals surface area contributed by atoms with Crippen LogP contribution in [0.1, 0.15) is 67.7 Å². The summed E-state index contributed by atoms with van der Waals surface area (Å²) in [5, 5.41) is 95.0. The lowest BCUT2D eigenvalue weighted by Crippen LogP contribution is -2.38. The molecule has 4 aromatic rings. The first-order valence-corrected chi connectivity index (χ1v) is 16.9. The van der Waals surface area contributed by atoms with Crippen molar-refractivity contribution in [3.05, 3.63) is 89.0 Å². The van der Waals surface area contributed by atoms with Crippen molar-refractivity contribution in [2.75, 3.05) is 13.1 Å². The van der Waals surface area contributed by atoms with E-state index in [1.807, 2.05) is 6.92 Å². The van der Waals surface area contributed by atoms with Crippen LogP contribution in [0.3, 0.4) is 0 Å². The molecular weight excluding hydrogens is 686 g/mol. The maximum atomic E-state index is 13.6. The summed E-state index contributed by atoms with van der Waals surface area (Å²) in [4.78, 5) is 26.1. The molecule has 2 unspecified atom stereocenters. The van der Waals surface area contributed by atoms with Crippen LogP contribution in [0.15, 0.2) is 66.7 Å². The number of aromatic hydroxyl groups is 8. The van der Waals surface area contributed by atoms with Gasteiger partial charge in [0.1, 0.15) is 5.75 Å². The molecule has 53 heavy (non-hydrogen) atoms. The number of phenolic OH excluding ortho intramolecular Hbond substituents is 8. The standard InChI is InChI=1S/C40H43NO12/c1-3-5-6-8-23(18-37(49)53-39(40(51)52)30(21-41-4-2)26-16-35(47)38(50)36(48)17-26)29-20-34(46)32(44)15-25(29)12-11-24-14-31(43)33(45)19-28(24)22-9-7-10-27(42)13-22/h7,9-20,30,39,41-48,50H,3-6,8,21H2,1-2H3,(H,51,52). The lowest BCUT2D eigenvalue weighted by atomic mass is 9.91. The number of likely N-dealkylation sites (N-methyl/N-ethyl adjacent to an activating group) is 1. The average Bonchev–Trinajstić information content (AvgIpc) is 3.11. The third-order valence-electron chi connectivity index (χ3n) is 8.57. The lowest BCUT2D eigenvalue weighted by molar-refractivity contribution is -0.162. The molecule has 0 saturated heterocycles. The van der Waals surface area contributed by atoms with Crippen molar-refractivity contribution in [1.29, 1.82) is 0 Å². The van der Waals surface area contributed by atoms with Crippen LogP contribution in [-0.4, -0.2) is 77.1 Å². The van der Waals surface area contributed by atoms with E-state index in [0.29, 0.717) is 46.4 Å². The van der Waals surface area contributed by atoms with Gasteiger partial charge < -0.3 is 56.0 Å². The first-order valence-electron chi connectivity index (χ1n) is 16.9. The van der Waals surface area contributed by atoms with Gasteiger partial charge in [-0.15, -0.1) is 0 Å². The number of carboxylic acid groups (broad SMARTS) is 1. The number of hydrogen-bond donors (Lipinski definition) is 10. The Morgan fingerprint density at radius 2 is 1.38 bits per heavy atom. The van der Waals surface area contributed by atoms with Gasteiger partial charge in [0.15, 0.2) is 40.2 Å². The van der Waals surface area contributed by atoms with Crippen LogP contribution in [0.5, 0.6) is 46.0 Å². The lowest BCUT2D eigenvalue weighted by Gasteiger charge is -2.25. The highest BCUT2D eigenvalue weighted by Crippen LogP contribution is 2.40. The zero-order valence-electron chi connectivity index (χ0n) is 29.2. The van der Waals surface area contributed by atoms with Crippen LogP contribution in [0.4, 0.5) is 0 Å². The van der Waals surface area contributed by atoms with Crippen molar-refractivity contribution in [2.24, 2.45) is 0 Å². The smallest absolute Gasteiger partial charge is 0.345 e. The summed E-state index contributed by atoms with van der Waals surface area (Å²) in [5.74, 6) is -7.66. The molecule has 0 aliphatic rings. The second-order valence-electron chi connectivity index (χ2n) is 12.4. The van der Waals surface area contributed by atoms with Gasteiger partial charge >= 0.3 is 11.9 Å². The summed E-state index contributed by atoms with van der Waals surface area (Å²) < 4.78 is 5.53. The Balaban J connectivity index is 1.79. The Morgan fingerprint density at radius 1 is 0.755 bits per heavy atom. The fourth-order valence-corrected chi connectivity index (χ4v) is 5.84. The minimum Gasteiger partial charge on any atom is -0.508 e. The Kier molecular flexibility index (Phi) is 13.2. The Labute approximate surface area is 305 Å². The van der Waals surface area contributed by atoms with Crippen molar-refractivity contribution in [2.45, 2.75) is 51.6 Å². The van der Waals surface area contributed by atoms with E-state index in [9.17, 15) is 55.5 Å². The maximum Gasteiger partial charge on any atom is 0.345 e. The molecule has 4 aromatic carbocycles. The van der Waals surface area contributed by atoms with Gasteiger partial charge in [-0.3, -0.25) is 0 Å². The first-order chi connectivity index (χ1) is 25.2. The highest BCUT2D eigenvalue weighted by Gasteiger charge is 2.34. The van der Waals surface area contributed by atoms with Crippen molar-refractivity contribution in [1.82, 2.24) is 5.32 Å². The van der Waals surface area contributed by atoms with E-state index in [-0.39, 0.29) is 24.3 Å². The second-order valence-corrected chi connectivity index (χ2v) is 12.4. The molecular formula is C40H43NO12. The van der Waals surface area contributed by atoms with Crippen LogP contribution in [0.25, 0.3) is 28.9 Å². The van der Waals surface area contributed by atoms with Crippen LogP contribution >= 0.6 is 0 Å². The zero-order valence-corrected chi connectivity index (χ0v) is 29.2. The summed E-state index contributed by atoms with van der Waals surface area (Å²) in [6, 6.07) is 13.6. The van der Waals surface area contributed by atoms with Crippen molar-refractivity contribution >= 4 is 29.7 Å². The first kappa shape index (κ1) is 39.4. The van der Waals surface area contributed by atoms with E-state index < -0.39 is 64.2 Å². The van der Waals surface area contributed by atoms with Gasteiger partial charge in [0, 0.05) is 18.5 Å². The Morgan fingerprint density at radius 3 is 2.00 bits per heavy atom. The number of benzene rings is 4. The predicted molar refractivity (Wildman–Crippen MR) is 198 cm³/mol. The summed E-state index contributed by atoms with van der Waals surface area (Å²) >= 11 is 0. The Hall–Kier alpha value is -6.34. The maximum absolute atomic E-state index is 13.6. The number of phenols is 8. The van der Waals surface area contributed by atoms with E-state index in [4.69, 9.17) is 4.74 Å². The largest absolute Gasteiger partial charge is 0.508 e. The number of carboxylic acids is 1. The molecule has 0 fully saturated rings. The summed E-state index contributed by atoms with van der Waals surface area (Å²) in [6.07, 6.45) is 4.88. The highest BCUT2D eigenvalue weighted by molar-refractivity contribution is 5.95. The van der Waals surface area contributed by atoms with Crippen LogP contribution in [0, 0.1) is 0 Å². The molecule has 280 valence electrons. The average molecular weight is 730 g/mol. The highest BCUT2D eigenvalue weighted by atomic mass is 16.6. The molecule has 0 amide bonds. The van der Waals surface area contributed by atoms with Crippen molar-refractivity contribution < 1.29 is 60.3 Å². The van der Waals surface area contributed by atoms with Crippen molar-refractivity contribution in [3.63, 3.8) is 0 Å². The molecule has 2 atom stereocenters. The molecule has 10 N–H and O–H groups in total. The number of allylic oxidation sites excluding steroid dienone is 1. The number of hydrogen-bond acceptors (Lipinski definition) is 12. The number of carbonyl (C=O) groups is 2. The molecule has 0 aliphatic heterocycles. The number of aliphatic carboxylic acids is 1. The van der Waals surface area contributed by atoms with E-state index in [1.54, 1.807) is 31.2 Å². The van der Waals surface area contributed by atoms with E-state index in [2.05, 4.69) is 5.32 Å². The number of ether oxygens (including phenoxy) is 1. The molecule has 0 spiro atoms. The van der Waals surface area contributed by atoms with Gasteiger partial charge in [-0.05, 0) is 107 Å². The molecule has 13 nitrogen and oxygen atoms in total. The fourth-order valence-electron chi connectivity index (χ4n) is 5.84. The third kappa shape index (κ3) is 9.92. The molecule has 4 rings (SSSR count). The fraction of sp³-hybridized carbons (Fsp3) is 0.250. The van der Waals surface area contributed by atoms with Gasteiger partial charge in [-0.25, -0.2) is 9.59 Å². The van der Waals surface area contributed by atoms with Gasteiger partial charge in [0.05, 0.1) is 0 Å². The number of rotatable bonds is 16. The number of esters is 1. The summed E-state index contributed by atoms with van der Waals surface area (Å²) in [6.45, 7) is 4.12. The topological polar surface area (TPSA) is 237 Å². The summed E-state index contributed by atoms with van der Waals surface area (Å²) in [5.41, 5.74) is 2.41. The molecule has 0 radical (unpaired) electrons. The molecule has 0 heterocycles. The molecule has 0 bridgehead atoms. The van der Waals surface area contributed by atoms with E-state index in [1.165, 1.54) is 36.4 Å². The van der Waals surface area contributed by atoms with E-state index >= 15 is 0 Å². The van der Waals surface area contributed by atoms with Gasteiger partial charge in [0.2, 0.25) is 6.10 Å². The predicted octanol–water partition coefficient (Wildman–Crippen LogP) is 6.52. The normalized spacial score (nSPS) is 12.8. The minimum absolute atomic E-state index is 0.0260. The molecule has 0 aliphatic carbocycles. The van der Waals surface area contributed by atoms with Gasteiger partial charge in [0.25, 0.3) is 0 Å². The van der Waals surface area contributed by atoms with E-state index in [0.717, 1.165) is 31.1 Å². The molecule has 0 aromatic heterocycles. The van der Waals surface area contributed by atoms with Crippen LogP contribution in [0.2, 0.25) is 0 Å². The second kappa shape index (κ2) is 17.7. The number of carbonyl (C=O) groups excluding carboxylic acids is 1. The van der Waals surface area contributed by atoms with Gasteiger partial charge in [-0.2, -0.15) is 0 Å². The van der Waals surface area contributed by atoms with Crippen LogP contribution < -0.4 is 5.32 Å². The number of unbranched alkanes of at least 4 members (excludes halogenated alkanes) is 2. The minimum atomic E-state index is -1.82. The SMILES string of the molecule is CCCCCC(=CC(=O)OC(C(=O)O)C(CNCC)c1cc(O)c(O)c(O)c1)c1cc(O)c(O)cc1C=Cc1cc(O)c(O)cc1-c1cccc(O)c1.